The van der Waals surface area contributed by atoms with Gasteiger partial charge in [0.05, 0.1) is 0 Å². The number of nitrogen functional groups attached to an aromatic ring is 1. The van der Waals surface area contributed by atoms with Crippen molar-refractivity contribution in [2.24, 2.45) is 0 Å². The van der Waals surface area contributed by atoms with Gasteiger partial charge < -0.3 is 10.6 Å². The third-order valence-corrected chi connectivity index (χ3v) is 3.07. The van der Waals surface area contributed by atoms with Crippen LogP contribution in [0, 0.1) is 0 Å². The van der Waals surface area contributed by atoms with E-state index in [1.165, 1.54) is 25.1 Å². The lowest BCUT2D eigenvalue weighted by Gasteiger charge is -2.19. The number of aromatic nitrogens is 1. The highest BCUT2D eigenvalue weighted by molar-refractivity contribution is 5.29. The normalized spacial score (nSPS) is 19.6. The molecule has 88 valence electrons. The number of nitrogens with two attached hydrogens (primary N) is 1. The van der Waals surface area contributed by atoms with Gasteiger partial charge >= 0.3 is 0 Å². The maximum absolute atomic E-state index is 5.57. The first kappa shape index (κ1) is 11.4. The first-order chi connectivity index (χ1) is 7.74. The molecular weight excluding hydrogens is 200 g/mol. The first-order valence-electron chi connectivity index (χ1n) is 5.85. The van der Waals surface area contributed by atoms with Crippen molar-refractivity contribution in [2.75, 3.05) is 39.0 Å². The Hall–Kier alpha value is -1.13. The summed E-state index contributed by atoms with van der Waals surface area (Å²) in [5, 5.41) is 0. The predicted molar refractivity (Wildman–Crippen MR) is 66.0 cm³/mol. The summed E-state index contributed by atoms with van der Waals surface area (Å²) in [4.78, 5) is 9.00. The van der Waals surface area contributed by atoms with E-state index in [1.807, 2.05) is 12.3 Å². The lowest BCUT2D eigenvalue weighted by Crippen LogP contribution is -2.28. The minimum Gasteiger partial charge on any atom is -0.384 e. The van der Waals surface area contributed by atoms with Crippen LogP contribution < -0.4 is 5.73 Å². The zero-order chi connectivity index (χ0) is 11.4. The predicted octanol–water partition coefficient (Wildman–Crippen LogP) is 0.801. The van der Waals surface area contributed by atoms with Crippen LogP contribution in [0.2, 0.25) is 0 Å². The molecule has 1 aromatic heterocycles. The Morgan fingerprint density at radius 3 is 2.88 bits per heavy atom. The number of likely N-dealkylation sites (N-methyl/N-ethyl adjacent to an activating group) is 1. The summed E-state index contributed by atoms with van der Waals surface area (Å²) in [7, 11) is 2.19. The molecule has 0 amide bonds. The lowest BCUT2D eigenvalue weighted by atomic mass is 10.2. The van der Waals surface area contributed by atoms with Crippen LogP contribution in [0.3, 0.4) is 0 Å². The number of anilines is 1. The largest absolute Gasteiger partial charge is 0.384 e. The van der Waals surface area contributed by atoms with Crippen LogP contribution in [0.15, 0.2) is 18.3 Å². The minimum atomic E-state index is 0.597. The molecule has 4 heteroatoms. The van der Waals surface area contributed by atoms with Crippen LogP contribution in [0.1, 0.15) is 12.0 Å². The molecule has 0 atom stereocenters. The molecule has 0 bridgehead atoms. The van der Waals surface area contributed by atoms with Crippen molar-refractivity contribution in [1.29, 1.82) is 0 Å². The molecule has 0 radical (unpaired) electrons. The Morgan fingerprint density at radius 1 is 1.25 bits per heavy atom. The Bertz CT molecular complexity index is 322. The fourth-order valence-electron chi connectivity index (χ4n) is 2.05. The van der Waals surface area contributed by atoms with E-state index >= 15 is 0 Å². The first-order valence-corrected chi connectivity index (χ1v) is 5.85. The number of hydrogen-bond donors (Lipinski definition) is 1. The SMILES string of the molecule is CN1CCCN(Cc2ccc(N)nc2)CC1. The summed E-state index contributed by atoms with van der Waals surface area (Å²) in [6, 6.07) is 3.94. The maximum atomic E-state index is 5.57. The molecule has 1 fully saturated rings. The van der Waals surface area contributed by atoms with Crippen LogP contribution >= 0.6 is 0 Å². The standard InChI is InChI=1S/C12H20N4/c1-15-5-2-6-16(8-7-15)10-11-3-4-12(13)14-9-11/h3-4,9H,2,5-8,10H2,1H3,(H2,13,14). The van der Waals surface area contributed by atoms with Crippen molar-refractivity contribution in [3.8, 4) is 0 Å². The van der Waals surface area contributed by atoms with Gasteiger partial charge in [0.2, 0.25) is 0 Å². The molecule has 0 aromatic carbocycles. The highest BCUT2D eigenvalue weighted by Gasteiger charge is 2.11. The van der Waals surface area contributed by atoms with Crippen LogP contribution in [-0.4, -0.2) is 48.0 Å². The van der Waals surface area contributed by atoms with E-state index in [9.17, 15) is 0 Å². The maximum Gasteiger partial charge on any atom is 0.123 e. The number of rotatable bonds is 2. The fourth-order valence-corrected chi connectivity index (χ4v) is 2.05. The van der Waals surface area contributed by atoms with E-state index in [0.717, 1.165) is 19.6 Å². The summed E-state index contributed by atoms with van der Waals surface area (Å²) >= 11 is 0. The highest BCUT2D eigenvalue weighted by atomic mass is 15.2. The molecule has 0 spiro atoms. The van der Waals surface area contributed by atoms with Gasteiger partial charge in [-0.3, -0.25) is 4.90 Å². The third kappa shape index (κ3) is 3.18. The summed E-state index contributed by atoms with van der Waals surface area (Å²) in [5.41, 5.74) is 6.82. The van der Waals surface area contributed by atoms with Crippen molar-refractivity contribution < 1.29 is 0 Å². The molecule has 1 aliphatic heterocycles. The van der Waals surface area contributed by atoms with Crippen LogP contribution in [0.25, 0.3) is 0 Å². The van der Waals surface area contributed by atoms with Gasteiger partial charge in [-0.15, -0.1) is 0 Å². The molecule has 4 nitrogen and oxygen atoms in total. The van der Waals surface area contributed by atoms with Crippen molar-refractivity contribution in [3.05, 3.63) is 23.9 Å². The number of pyridine rings is 1. The molecular formula is C12H20N4. The van der Waals surface area contributed by atoms with Crippen molar-refractivity contribution >= 4 is 5.82 Å². The van der Waals surface area contributed by atoms with E-state index in [1.54, 1.807) is 0 Å². The van der Waals surface area contributed by atoms with Crippen molar-refractivity contribution in [3.63, 3.8) is 0 Å². The van der Waals surface area contributed by atoms with Gasteiger partial charge in [-0.05, 0) is 38.2 Å². The average Bonchev–Trinajstić information content (AvgIpc) is 2.47. The molecule has 1 aliphatic rings. The van der Waals surface area contributed by atoms with Crippen LogP contribution in [0.5, 0.6) is 0 Å². The second kappa shape index (κ2) is 5.27. The van der Waals surface area contributed by atoms with E-state index in [0.29, 0.717) is 5.82 Å². The number of hydrogen-bond acceptors (Lipinski definition) is 4. The van der Waals surface area contributed by atoms with Gasteiger partial charge in [-0.25, -0.2) is 4.98 Å². The van der Waals surface area contributed by atoms with Gasteiger partial charge in [0.1, 0.15) is 5.82 Å². The molecule has 0 saturated carbocycles. The Labute approximate surface area is 97.1 Å². The average molecular weight is 220 g/mol. The van der Waals surface area contributed by atoms with Crippen molar-refractivity contribution in [1.82, 2.24) is 14.8 Å². The number of nitrogens with zero attached hydrogens (tertiary/aromatic N) is 3. The van der Waals surface area contributed by atoms with Crippen molar-refractivity contribution in [2.45, 2.75) is 13.0 Å². The summed E-state index contributed by atoms with van der Waals surface area (Å²) in [5.74, 6) is 0.597. The zero-order valence-corrected chi connectivity index (χ0v) is 9.89. The Balaban J connectivity index is 1.91. The summed E-state index contributed by atoms with van der Waals surface area (Å²) in [6.45, 7) is 5.66. The third-order valence-electron chi connectivity index (χ3n) is 3.07. The van der Waals surface area contributed by atoms with Gasteiger partial charge in [0, 0.05) is 25.8 Å². The molecule has 2 heterocycles. The van der Waals surface area contributed by atoms with E-state index in [-0.39, 0.29) is 0 Å². The van der Waals surface area contributed by atoms with Gasteiger partial charge in [0.25, 0.3) is 0 Å². The quantitative estimate of drug-likeness (QED) is 0.801. The Morgan fingerprint density at radius 2 is 2.12 bits per heavy atom. The van der Waals surface area contributed by atoms with E-state index < -0.39 is 0 Å². The zero-order valence-electron chi connectivity index (χ0n) is 9.89. The topological polar surface area (TPSA) is 45.4 Å². The molecule has 0 unspecified atom stereocenters. The molecule has 1 saturated heterocycles. The molecule has 2 rings (SSSR count). The second-order valence-corrected chi connectivity index (χ2v) is 4.52. The Kier molecular flexibility index (Phi) is 3.74. The van der Waals surface area contributed by atoms with Gasteiger partial charge in [-0.1, -0.05) is 6.07 Å². The summed E-state index contributed by atoms with van der Waals surface area (Å²) < 4.78 is 0. The molecule has 1 aromatic rings. The molecule has 16 heavy (non-hydrogen) atoms. The minimum absolute atomic E-state index is 0.597. The van der Waals surface area contributed by atoms with Gasteiger partial charge in [-0.2, -0.15) is 0 Å². The molecule has 0 aliphatic carbocycles. The smallest absolute Gasteiger partial charge is 0.123 e. The van der Waals surface area contributed by atoms with Gasteiger partial charge in [0.15, 0.2) is 0 Å². The van der Waals surface area contributed by atoms with Crippen LogP contribution in [0.4, 0.5) is 5.82 Å². The fraction of sp³-hybridized carbons (Fsp3) is 0.583. The van der Waals surface area contributed by atoms with Crippen LogP contribution in [-0.2, 0) is 6.54 Å². The monoisotopic (exact) mass is 220 g/mol. The lowest BCUT2D eigenvalue weighted by molar-refractivity contribution is 0.269. The second-order valence-electron chi connectivity index (χ2n) is 4.52. The van der Waals surface area contributed by atoms with E-state index in [4.69, 9.17) is 5.73 Å². The highest BCUT2D eigenvalue weighted by Crippen LogP contribution is 2.08. The molecule has 2 N–H and O–H groups in total. The van der Waals surface area contributed by atoms with E-state index in [2.05, 4.69) is 27.9 Å². The summed E-state index contributed by atoms with van der Waals surface area (Å²) in [6.07, 6.45) is 3.13.